The number of benzene rings is 1. The van der Waals surface area contributed by atoms with Crippen LogP contribution in [-0.4, -0.2) is 30.3 Å². The number of carbonyl (C=O) groups excluding carboxylic acids is 1. The Morgan fingerprint density at radius 2 is 1.87 bits per heavy atom. The van der Waals surface area contributed by atoms with Crippen LogP contribution < -0.4 is 0 Å². The molecule has 6 heteroatoms. The van der Waals surface area contributed by atoms with Crippen LogP contribution in [0.4, 0.5) is 0 Å². The average Bonchev–Trinajstić information content (AvgIpc) is 3.20. The maximum atomic E-state index is 11.8. The van der Waals surface area contributed by atoms with Crippen LogP contribution >= 0.6 is 0 Å². The van der Waals surface area contributed by atoms with Crippen molar-refractivity contribution >= 4 is 27.9 Å². The van der Waals surface area contributed by atoms with Gasteiger partial charge in [0.05, 0.1) is 24.1 Å². The fourth-order valence-electron chi connectivity index (χ4n) is 3.53. The maximum absolute atomic E-state index is 11.8. The van der Waals surface area contributed by atoms with E-state index in [2.05, 4.69) is 33.2 Å². The Morgan fingerprint density at radius 1 is 0.967 bits per heavy atom. The summed E-state index contributed by atoms with van der Waals surface area (Å²) in [5.41, 5.74) is 5.95. The second-order valence-electron chi connectivity index (χ2n) is 7.15. The quantitative estimate of drug-likeness (QED) is 0.405. The molecule has 0 fully saturated rings. The molecule has 0 radical (unpaired) electrons. The number of nitrogens with zero attached hydrogens (tertiary/aromatic N) is 5. The van der Waals surface area contributed by atoms with Crippen LogP contribution in [0.1, 0.15) is 29.4 Å². The van der Waals surface area contributed by atoms with Crippen LogP contribution in [0.3, 0.4) is 0 Å². The normalized spacial score (nSPS) is 11.2. The minimum absolute atomic E-state index is 0.0358. The van der Waals surface area contributed by atoms with E-state index in [1.165, 1.54) is 0 Å². The molecule has 0 spiro atoms. The van der Waals surface area contributed by atoms with E-state index in [1.807, 2.05) is 48.1 Å². The Labute approximate surface area is 173 Å². The highest BCUT2D eigenvalue weighted by molar-refractivity contribution is 5.94. The second-order valence-corrected chi connectivity index (χ2v) is 7.15. The Hall–Kier alpha value is -3.93. The van der Waals surface area contributed by atoms with Gasteiger partial charge in [-0.3, -0.25) is 14.8 Å². The molecule has 0 saturated carbocycles. The van der Waals surface area contributed by atoms with Gasteiger partial charge in [-0.1, -0.05) is 19.1 Å². The number of rotatable bonds is 5. The first-order chi connectivity index (χ1) is 14.7. The summed E-state index contributed by atoms with van der Waals surface area (Å²) in [7, 11) is 0. The highest BCUT2D eigenvalue weighted by atomic mass is 16.1. The van der Waals surface area contributed by atoms with Gasteiger partial charge in [0.15, 0.2) is 11.4 Å². The molecule has 5 rings (SSSR count). The summed E-state index contributed by atoms with van der Waals surface area (Å²) >= 11 is 0. The molecular weight excluding hydrogens is 374 g/mol. The van der Waals surface area contributed by atoms with Crippen molar-refractivity contribution in [1.29, 1.82) is 0 Å². The summed E-state index contributed by atoms with van der Waals surface area (Å²) in [6.45, 7) is 2.50. The van der Waals surface area contributed by atoms with Gasteiger partial charge in [-0.2, -0.15) is 0 Å². The molecule has 4 heterocycles. The Morgan fingerprint density at radius 3 is 2.70 bits per heavy atom. The Bertz CT molecular complexity index is 1370. The number of aromatic nitrogens is 5. The molecule has 4 aromatic heterocycles. The standard InChI is InChI=1S/C24H19N5O/c1-2-23(30)21-8-6-18(13-26-21)20-9-10-22-24(28-20)29(15-27-22)14-16-5-7-19-17(12-16)4-3-11-25-19/h3-13,15H,2,14H2,1H3. The molecular formula is C24H19N5O. The van der Waals surface area contributed by atoms with E-state index in [-0.39, 0.29) is 5.78 Å². The summed E-state index contributed by atoms with van der Waals surface area (Å²) in [5.74, 6) is 0.0358. The van der Waals surface area contributed by atoms with Crippen molar-refractivity contribution in [3.63, 3.8) is 0 Å². The lowest BCUT2D eigenvalue weighted by Crippen LogP contribution is -2.01. The van der Waals surface area contributed by atoms with Crippen molar-refractivity contribution in [2.45, 2.75) is 19.9 Å². The molecule has 146 valence electrons. The number of pyridine rings is 3. The lowest BCUT2D eigenvalue weighted by atomic mass is 10.1. The van der Waals surface area contributed by atoms with Crippen molar-refractivity contribution in [2.24, 2.45) is 0 Å². The predicted octanol–water partition coefficient (Wildman–Crippen LogP) is 4.68. The molecule has 0 saturated heterocycles. The molecule has 0 bridgehead atoms. The molecule has 0 aliphatic carbocycles. The topological polar surface area (TPSA) is 73.6 Å². The van der Waals surface area contributed by atoms with E-state index in [0.29, 0.717) is 18.7 Å². The van der Waals surface area contributed by atoms with Gasteiger partial charge < -0.3 is 4.57 Å². The lowest BCUT2D eigenvalue weighted by Gasteiger charge is -2.07. The third-order valence-corrected chi connectivity index (χ3v) is 5.15. The van der Waals surface area contributed by atoms with Gasteiger partial charge in [-0.25, -0.2) is 9.97 Å². The van der Waals surface area contributed by atoms with Gasteiger partial charge in [-0.05, 0) is 48.0 Å². The highest BCUT2D eigenvalue weighted by Gasteiger charge is 2.10. The number of hydrogen-bond donors (Lipinski definition) is 0. The summed E-state index contributed by atoms with van der Waals surface area (Å²) in [5, 5.41) is 1.11. The zero-order valence-corrected chi connectivity index (χ0v) is 16.5. The van der Waals surface area contributed by atoms with Gasteiger partial charge in [-0.15, -0.1) is 0 Å². The van der Waals surface area contributed by atoms with E-state index < -0.39 is 0 Å². The molecule has 1 aromatic carbocycles. The van der Waals surface area contributed by atoms with Crippen molar-refractivity contribution in [3.8, 4) is 11.3 Å². The van der Waals surface area contributed by atoms with E-state index in [4.69, 9.17) is 4.98 Å². The molecule has 30 heavy (non-hydrogen) atoms. The third kappa shape index (κ3) is 3.33. The number of Topliss-reactive ketones (excluding diaryl/α,β-unsaturated/α-hetero) is 1. The predicted molar refractivity (Wildman–Crippen MR) is 116 cm³/mol. The summed E-state index contributed by atoms with van der Waals surface area (Å²) < 4.78 is 2.04. The molecule has 0 N–H and O–H groups in total. The van der Waals surface area contributed by atoms with E-state index in [9.17, 15) is 4.79 Å². The maximum Gasteiger partial charge on any atom is 0.180 e. The van der Waals surface area contributed by atoms with Gasteiger partial charge >= 0.3 is 0 Å². The van der Waals surface area contributed by atoms with Crippen LogP contribution in [0.2, 0.25) is 0 Å². The fourth-order valence-corrected chi connectivity index (χ4v) is 3.53. The number of hydrogen-bond acceptors (Lipinski definition) is 5. The zero-order chi connectivity index (χ0) is 20.5. The first-order valence-electron chi connectivity index (χ1n) is 9.86. The minimum atomic E-state index is 0.0358. The zero-order valence-electron chi connectivity index (χ0n) is 16.5. The summed E-state index contributed by atoms with van der Waals surface area (Å²) in [6, 6.07) is 17.8. The largest absolute Gasteiger partial charge is 0.311 e. The van der Waals surface area contributed by atoms with Gasteiger partial charge in [0.25, 0.3) is 0 Å². The average molecular weight is 393 g/mol. The van der Waals surface area contributed by atoms with Crippen molar-refractivity contribution in [3.05, 3.63) is 84.6 Å². The number of fused-ring (bicyclic) bond motifs is 2. The molecule has 0 atom stereocenters. The first-order valence-corrected chi connectivity index (χ1v) is 9.86. The van der Waals surface area contributed by atoms with Crippen molar-refractivity contribution < 1.29 is 4.79 Å². The van der Waals surface area contributed by atoms with Crippen molar-refractivity contribution in [2.75, 3.05) is 0 Å². The summed E-state index contributed by atoms with van der Waals surface area (Å²) in [4.78, 5) is 29.8. The van der Waals surface area contributed by atoms with Crippen LogP contribution in [0.5, 0.6) is 0 Å². The van der Waals surface area contributed by atoms with Gasteiger partial charge in [0.1, 0.15) is 11.2 Å². The molecule has 0 amide bonds. The number of imidazole rings is 1. The fraction of sp³-hybridized carbons (Fsp3) is 0.125. The third-order valence-electron chi connectivity index (χ3n) is 5.15. The Kier molecular flexibility index (Phi) is 4.52. The molecule has 5 aromatic rings. The lowest BCUT2D eigenvalue weighted by molar-refractivity contribution is 0.0983. The van der Waals surface area contributed by atoms with Crippen LogP contribution in [0, 0.1) is 0 Å². The Balaban J connectivity index is 1.48. The van der Waals surface area contributed by atoms with E-state index >= 15 is 0 Å². The number of carbonyl (C=O) groups is 1. The molecule has 0 aliphatic rings. The first kappa shape index (κ1) is 18.1. The minimum Gasteiger partial charge on any atom is -0.311 e. The van der Waals surface area contributed by atoms with Crippen LogP contribution in [-0.2, 0) is 6.54 Å². The molecule has 0 unspecified atom stereocenters. The SMILES string of the molecule is CCC(=O)c1ccc(-c2ccc3ncn(Cc4ccc5ncccc5c4)c3n2)cn1. The van der Waals surface area contributed by atoms with E-state index in [0.717, 1.165) is 38.9 Å². The van der Waals surface area contributed by atoms with E-state index in [1.54, 1.807) is 18.5 Å². The smallest absolute Gasteiger partial charge is 0.180 e. The highest BCUT2D eigenvalue weighted by Crippen LogP contribution is 2.22. The van der Waals surface area contributed by atoms with Gasteiger partial charge in [0.2, 0.25) is 0 Å². The second kappa shape index (κ2) is 7.48. The van der Waals surface area contributed by atoms with Crippen LogP contribution in [0.15, 0.2) is 73.3 Å². The summed E-state index contributed by atoms with van der Waals surface area (Å²) in [6.07, 6.45) is 5.77. The molecule has 6 nitrogen and oxygen atoms in total. The van der Waals surface area contributed by atoms with Crippen molar-refractivity contribution in [1.82, 2.24) is 24.5 Å². The monoisotopic (exact) mass is 393 g/mol. The number of ketones is 1. The molecule has 0 aliphatic heterocycles. The van der Waals surface area contributed by atoms with Crippen LogP contribution in [0.25, 0.3) is 33.3 Å². The van der Waals surface area contributed by atoms with Gasteiger partial charge in [0, 0.05) is 29.8 Å².